The normalized spacial score (nSPS) is 15.1. The summed E-state index contributed by atoms with van der Waals surface area (Å²) in [7, 11) is 0. The van der Waals surface area contributed by atoms with Crippen molar-refractivity contribution >= 4 is 5.97 Å². The summed E-state index contributed by atoms with van der Waals surface area (Å²) in [6.07, 6.45) is 7.80. The van der Waals surface area contributed by atoms with Gasteiger partial charge in [-0.15, -0.1) is 0 Å². The van der Waals surface area contributed by atoms with Crippen LogP contribution in [0.25, 0.3) is 0 Å². The number of hydrogen-bond acceptors (Lipinski definition) is 3. The smallest absolute Gasteiger partial charge is 0.323 e. The molecule has 1 aliphatic rings. The second-order valence-corrected chi connectivity index (χ2v) is 7.46. The molecule has 28 heavy (non-hydrogen) atoms. The average molecular weight is 378 g/mol. The Morgan fingerprint density at radius 3 is 2.07 bits per heavy atom. The highest BCUT2D eigenvalue weighted by Crippen LogP contribution is 2.26. The van der Waals surface area contributed by atoms with Gasteiger partial charge in [0.05, 0.1) is 6.61 Å². The molecule has 3 nitrogen and oxygen atoms in total. The van der Waals surface area contributed by atoms with Gasteiger partial charge in [-0.2, -0.15) is 0 Å². The fourth-order valence-corrected chi connectivity index (χ4v) is 3.85. The van der Waals surface area contributed by atoms with Crippen molar-refractivity contribution in [3.63, 3.8) is 0 Å². The summed E-state index contributed by atoms with van der Waals surface area (Å²) in [6.45, 7) is 3.76. The van der Waals surface area contributed by atoms with E-state index in [1.54, 1.807) is 0 Å². The summed E-state index contributed by atoms with van der Waals surface area (Å²) in [5.41, 5.74) is 3.83. The van der Waals surface area contributed by atoms with E-state index in [0.29, 0.717) is 6.61 Å². The molecule has 0 radical (unpaired) electrons. The van der Waals surface area contributed by atoms with Crippen LogP contribution in [0, 0.1) is 0 Å². The van der Waals surface area contributed by atoms with Crippen LogP contribution < -0.4 is 0 Å². The lowest BCUT2D eigenvalue weighted by molar-refractivity contribution is -0.150. The van der Waals surface area contributed by atoms with Crippen LogP contribution in [0.15, 0.2) is 72.3 Å². The van der Waals surface area contributed by atoms with Crippen molar-refractivity contribution in [2.75, 3.05) is 6.61 Å². The number of nitrogens with zero attached hydrogens (tertiary/aromatic N) is 1. The van der Waals surface area contributed by atoms with Gasteiger partial charge in [0.25, 0.3) is 0 Å². The first-order valence-corrected chi connectivity index (χ1v) is 10.4. The van der Waals surface area contributed by atoms with Gasteiger partial charge < -0.3 is 4.74 Å². The van der Waals surface area contributed by atoms with Gasteiger partial charge in [0.15, 0.2) is 0 Å². The zero-order valence-electron chi connectivity index (χ0n) is 16.8. The van der Waals surface area contributed by atoms with Crippen LogP contribution in [-0.4, -0.2) is 23.5 Å². The van der Waals surface area contributed by atoms with E-state index in [0.717, 1.165) is 32.4 Å². The highest BCUT2D eigenvalue weighted by Gasteiger charge is 2.29. The Labute approximate surface area is 169 Å². The molecular formula is C25H31NO2. The van der Waals surface area contributed by atoms with Crippen LogP contribution in [-0.2, 0) is 22.6 Å². The van der Waals surface area contributed by atoms with E-state index < -0.39 is 0 Å². The van der Waals surface area contributed by atoms with Crippen LogP contribution in [0.3, 0.4) is 0 Å². The van der Waals surface area contributed by atoms with Crippen molar-refractivity contribution in [1.29, 1.82) is 0 Å². The third kappa shape index (κ3) is 6.07. The molecule has 1 aliphatic carbocycles. The molecule has 2 aromatic rings. The van der Waals surface area contributed by atoms with Crippen LogP contribution in [0.1, 0.15) is 50.2 Å². The number of benzene rings is 2. The molecule has 3 rings (SSSR count). The molecule has 0 amide bonds. The maximum absolute atomic E-state index is 12.9. The molecule has 148 valence electrons. The third-order valence-electron chi connectivity index (χ3n) is 5.30. The summed E-state index contributed by atoms with van der Waals surface area (Å²) >= 11 is 0. The first kappa shape index (κ1) is 20.3. The molecular weight excluding hydrogens is 346 g/mol. The number of carbonyl (C=O) groups is 1. The topological polar surface area (TPSA) is 29.5 Å². The van der Waals surface area contributed by atoms with Crippen LogP contribution in [0.4, 0.5) is 0 Å². The minimum Gasteiger partial charge on any atom is -0.465 e. The molecule has 1 unspecified atom stereocenters. The van der Waals surface area contributed by atoms with Crippen molar-refractivity contribution in [3.8, 4) is 0 Å². The summed E-state index contributed by atoms with van der Waals surface area (Å²) in [5, 5.41) is 0. The lowest BCUT2D eigenvalue weighted by Crippen LogP contribution is -2.42. The summed E-state index contributed by atoms with van der Waals surface area (Å²) in [4.78, 5) is 15.2. The van der Waals surface area contributed by atoms with Crippen LogP contribution in [0.5, 0.6) is 0 Å². The molecule has 0 N–H and O–H groups in total. The largest absolute Gasteiger partial charge is 0.465 e. The van der Waals surface area contributed by atoms with Gasteiger partial charge >= 0.3 is 5.97 Å². The standard InChI is InChI=1S/C25H31NO2/c1-2-28-25(27)24(18-21-12-6-3-7-13-21)26(19-22-14-8-4-9-15-22)20-23-16-10-5-11-17-23/h4-5,8-12,14-17,24H,2-3,6-7,13,18-20H2,1H3. The number of carbonyl (C=O) groups excluding carboxylic acids is 1. The van der Waals surface area contributed by atoms with E-state index in [1.807, 2.05) is 19.1 Å². The van der Waals surface area contributed by atoms with Gasteiger partial charge in [-0.05, 0) is 50.2 Å². The lowest BCUT2D eigenvalue weighted by Gasteiger charge is -2.31. The molecule has 2 aromatic carbocycles. The van der Waals surface area contributed by atoms with Gasteiger partial charge in [-0.1, -0.05) is 72.3 Å². The second-order valence-electron chi connectivity index (χ2n) is 7.46. The van der Waals surface area contributed by atoms with E-state index in [1.165, 1.54) is 29.5 Å². The Bertz CT molecular complexity index is 713. The van der Waals surface area contributed by atoms with E-state index in [-0.39, 0.29) is 12.0 Å². The Morgan fingerprint density at radius 1 is 0.964 bits per heavy atom. The first-order chi connectivity index (χ1) is 13.8. The molecule has 0 aliphatic heterocycles. The fraction of sp³-hybridized carbons (Fsp3) is 0.400. The van der Waals surface area contributed by atoms with Gasteiger partial charge in [-0.3, -0.25) is 9.69 Å². The highest BCUT2D eigenvalue weighted by molar-refractivity contribution is 5.76. The van der Waals surface area contributed by atoms with Crippen molar-refractivity contribution < 1.29 is 9.53 Å². The van der Waals surface area contributed by atoms with Gasteiger partial charge in [-0.25, -0.2) is 0 Å². The average Bonchev–Trinajstić information content (AvgIpc) is 2.74. The lowest BCUT2D eigenvalue weighted by atomic mass is 9.93. The van der Waals surface area contributed by atoms with Gasteiger partial charge in [0.2, 0.25) is 0 Å². The summed E-state index contributed by atoms with van der Waals surface area (Å²) < 4.78 is 5.49. The predicted octanol–water partition coefficient (Wildman–Crippen LogP) is 5.51. The molecule has 0 heterocycles. The van der Waals surface area contributed by atoms with E-state index in [2.05, 4.69) is 59.5 Å². The molecule has 0 saturated carbocycles. The van der Waals surface area contributed by atoms with Gasteiger partial charge in [0, 0.05) is 13.1 Å². The van der Waals surface area contributed by atoms with Crippen molar-refractivity contribution in [1.82, 2.24) is 4.90 Å². The maximum atomic E-state index is 12.9. The van der Waals surface area contributed by atoms with E-state index in [9.17, 15) is 4.79 Å². The fourth-order valence-electron chi connectivity index (χ4n) is 3.85. The predicted molar refractivity (Wildman–Crippen MR) is 114 cm³/mol. The second kappa shape index (κ2) is 10.8. The van der Waals surface area contributed by atoms with Gasteiger partial charge in [0.1, 0.15) is 6.04 Å². The summed E-state index contributed by atoms with van der Waals surface area (Å²) in [6, 6.07) is 20.5. The maximum Gasteiger partial charge on any atom is 0.323 e. The molecule has 3 heteroatoms. The third-order valence-corrected chi connectivity index (χ3v) is 5.30. The Morgan fingerprint density at radius 2 is 1.57 bits per heavy atom. The molecule has 0 saturated heterocycles. The Balaban J connectivity index is 1.86. The number of allylic oxidation sites excluding steroid dienone is 1. The van der Waals surface area contributed by atoms with Crippen molar-refractivity contribution in [2.45, 2.75) is 58.2 Å². The SMILES string of the molecule is CCOC(=O)C(CC1=CCCCC1)N(Cc1ccccc1)Cc1ccccc1. The minimum atomic E-state index is -0.260. The zero-order chi connectivity index (χ0) is 19.6. The highest BCUT2D eigenvalue weighted by atomic mass is 16.5. The van der Waals surface area contributed by atoms with E-state index in [4.69, 9.17) is 4.74 Å². The van der Waals surface area contributed by atoms with Crippen LogP contribution >= 0.6 is 0 Å². The van der Waals surface area contributed by atoms with Crippen molar-refractivity contribution in [3.05, 3.63) is 83.4 Å². The number of esters is 1. The quantitative estimate of drug-likeness (QED) is 0.426. The number of ether oxygens (including phenoxy) is 1. The zero-order valence-corrected chi connectivity index (χ0v) is 16.8. The Hall–Kier alpha value is -2.39. The summed E-state index contributed by atoms with van der Waals surface area (Å²) in [5.74, 6) is -0.110. The van der Waals surface area contributed by atoms with Crippen LogP contribution in [0.2, 0.25) is 0 Å². The number of hydrogen-bond donors (Lipinski definition) is 0. The van der Waals surface area contributed by atoms with E-state index >= 15 is 0 Å². The first-order valence-electron chi connectivity index (χ1n) is 10.4. The van der Waals surface area contributed by atoms with Crippen molar-refractivity contribution in [2.24, 2.45) is 0 Å². The molecule has 0 fully saturated rings. The monoisotopic (exact) mass is 377 g/mol. The Kier molecular flexibility index (Phi) is 7.86. The molecule has 1 atom stereocenters. The minimum absolute atomic E-state index is 0.110. The number of rotatable bonds is 9. The molecule has 0 aromatic heterocycles. The molecule has 0 spiro atoms. The molecule has 0 bridgehead atoms.